The maximum Gasteiger partial charge on any atom is 0.193 e. The molecule has 6 nitrogen and oxygen atoms in total. The first-order chi connectivity index (χ1) is 7.38. The molecule has 0 saturated heterocycles. The van der Waals surface area contributed by atoms with Gasteiger partial charge in [0.2, 0.25) is 0 Å². The Hall–Kier alpha value is -1.73. The lowest BCUT2D eigenvalue weighted by molar-refractivity contribution is 0.955. The van der Waals surface area contributed by atoms with E-state index in [0.29, 0.717) is 11.0 Å². The van der Waals surface area contributed by atoms with Crippen LogP contribution in [0.1, 0.15) is 0 Å². The minimum absolute atomic E-state index is 0.559. The van der Waals surface area contributed by atoms with E-state index in [9.17, 15) is 0 Å². The molecule has 2 aromatic heterocycles. The van der Waals surface area contributed by atoms with Crippen LogP contribution in [-0.2, 0) is 0 Å². The molecule has 2 aromatic rings. The van der Waals surface area contributed by atoms with Crippen molar-refractivity contribution in [3.05, 3.63) is 30.9 Å². The summed E-state index contributed by atoms with van der Waals surface area (Å²) in [6.07, 6.45) is 4.79. The smallest absolute Gasteiger partial charge is 0.193 e. The van der Waals surface area contributed by atoms with Crippen molar-refractivity contribution in [3.63, 3.8) is 0 Å². The van der Waals surface area contributed by atoms with Gasteiger partial charge in [-0.15, -0.1) is 0 Å². The van der Waals surface area contributed by atoms with Crippen LogP contribution in [-0.4, -0.2) is 19.9 Å². The molecule has 0 aliphatic rings. The highest BCUT2D eigenvalue weighted by Crippen LogP contribution is 2.22. The molecule has 7 heteroatoms. The fraction of sp³-hybridized carbons (Fsp3) is 0. The summed E-state index contributed by atoms with van der Waals surface area (Å²) >= 11 is 1.35. The summed E-state index contributed by atoms with van der Waals surface area (Å²) in [6, 6.07) is 3.48. The minimum Gasteiger partial charge on any atom is -0.308 e. The van der Waals surface area contributed by atoms with Crippen molar-refractivity contribution >= 4 is 17.6 Å². The molecule has 2 rings (SSSR count). The van der Waals surface area contributed by atoms with E-state index < -0.39 is 0 Å². The number of hydrazine groups is 1. The summed E-state index contributed by atoms with van der Waals surface area (Å²) in [7, 11) is 0. The van der Waals surface area contributed by atoms with Crippen LogP contribution in [0.5, 0.6) is 0 Å². The van der Waals surface area contributed by atoms with Crippen molar-refractivity contribution in [2.75, 3.05) is 5.43 Å². The Balaban J connectivity index is 2.17. The molecular weight excluding hydrogens is 212 g/mol. The molecule has 3 N–H and O–H groups in total. The molecule has 0 amide bonds. The number of nitrogen functional groups attached to an aromatic ring is 1. The molecule has 0 aliphatic carbocycles. The van der Waals surface area contributed by atoms with Gasteiger partial charge in [-0.25, -0.2) is 25.8 Å². The second-order valence-corrected chi connectivity index (χ2v) is 3.51. The predicted molar refractivity (Wildman–Crippen MR) is 56.0 cm³/mol. The van der Waals surface area contributed by atoms with Gasteiger partial charge >= 0.3 is 0 Å². The zero-order valence-electron chi connectivity index (χ0n) is 7.66. The highest BCUT2D eigenvalue weighted by molar-refractivity contribution is 7.99. The molecule has 0 atom stereocenters. The van der Waals surface area contributed by atoms with Crippen LogP contribution in [0.3, 0.4) is 0 Å². The lowest BCUT2D eigenvalue weighted by atomic mass is 10.6. The number of nitrogens with two attached hydrogens (primary N) is 1. The molecule has 0 saturated carbocycles. The van der Waals surface area contributed by atoms with Gasteiger partial charge in [0.15, 0.2) is 5.16 Å². The van der Waals surface area contributed by atoms with Crippen molar-refractivity contribution in [1.29, 1.82) is 0 Å². The van der Waals surface area contributed by atoms with E-state index in [1.807, 2.05) is 0 Å². The molecule has 0 unspecified atom stereocenters. The van der Waals surface area contributed by atoms with Gasteiger partial charge in [0.25, 0.3) is 0 Å². The van der Waals surface area contributed by atoms with Gasteiger partial charge in [0.05, 0.1) is 0 Å². The summed E-state index contributed by atoms with van der Waals surface area (Å²) in [6.45, 7) is 0. The molecular formula is C8H8N6S. The summed E-state index contributed by atoms with van der Waals surface area (Å²) in [5, 5.41) is 1.38. The first-order valence-corrected chi connectivity index (χ1v) is 4.93. The Kier molecular flexibility index (Phi) is 3.05. The largest absolute Gasteiger partial charge is 0.308 e. The summed E-state index contributed by atoms with van der Waals surface area (Å²) in [4.78, 5) is 16.1. The van der Waals surface area contributed by atoms with Crippen molar-refractivity contribution < 1.29 is 0 Å². The average Bonchev–Trinajstić information content (AvgIpc) is 2.31. The van der Waals surface area contributed by atoms with Gasteiger partial charge in [0, 0.05) is 18.5 Å². The highest BCUT2D eigenvalue weighted by atomic mass is 32.2. The molecule has 2 heterocycles. The third-order valence-corrected chi connectivity index (χ3v) is 2.35. The molecule has 0 bridgehead atoms. The van der Waals surface area contributed by atoms with Crippen LogP contribution in [0.4, 0.5) is 5.82 Å². The van der Waals surface area contributed by atoms with E-state index in [0.717, 1.165) is 5.03 Å². The number of hydrogen-bond donors (Lipinski definition) is 2. The van der Waals surface area contributed by atoms with E-state index in [4.69, 9.17) is 5.84 Å². The standard InChI is InChI=1S/C8H8N6S/c9-14-6-4-7(13-5-12-6)15-8-10-2-1-3-11-8/h1-5H,9H2,(H,12,13,14). The first kappa shape index (κ1) is 9.81. The van der Waals surface area contributed by atoms with E-state index in [1.54, 1.807) is 24.5 Å². The van der Waals surface area contributed by atoms with Gasteiger partial charge in [0.1, 0.15) is 17.2 Å². The predicted octanol–water partition coefficient (Wildman–Crippen LogP) is 0.703. The number of nitrogens with zero attached hydrogens (tertiary/aromatic N) is 4. The minimum atomic E-state index is 0.559. The number of rotatable bonds is 3. The normalized spacial score (nSPS) is 9.93. The van der Waals surface area contributed by atoms with E-state index in [2.05, 4.69) is 25.4 Å². The Morgan fingerprint density at radius 3 is 2.67 bits per heavy atom. The van der Waals surface area contributed by atoms with Crippen molar-refractivity contribution in [3.8, 4) is 0 Å². The maximum atomic E-state index is 5.23. The fourth-order valence-electron chi connectivity index (χ4n) is 0.906. The van der Waals surface area contributed by atoms with Gasteiger partial charge in [-0.3, -0.25) is 0 Å². The van der Waals surface area contributed by atoms with Gasteiger partial charge in [-0.2, -0.15) is 0 Å². The summed E-state index contributed by atoms with van der Waals surface area (Å²) in [5.74, 6) is 5.79. The zero-order valence-corrected chi connectivity index (χ0v) is 8.48. The average molecular weight is 220 g/mol. The fourth-order valence-corrected chi connectivity index (χ4v) is 1.59. The van der Waals surface area contributed by atoms with Crippen molar-refractivity contribution in [1.82, 2.24) is 19.9 Å². The van der Waals surface area contributed by atoms with Crippen LogP contribution in [0.15, 0.2) is 41.0 Å². The van der Waals surface area contributed by atoms with Gasteiger partial charge < -0.3 is 5.43 Å². The van der Waals surface area contributed by atoms with Crippen LogP contribution in [0.25, 0.3) is 0 Å². The Morgan fingerprint density at radius 1 is 1.13 bits per heavy atom. The maximum absolute atomic E-state index is 5.23. The molecule has 15 heavy (non-hydrogen) atoms. The van der Waals surface area contributed by atoms with Crippen molar-refractivity contribution in [2.24, 2.45) is 5.84 Å². The molecule has 0 fully saturated rings. The molecule has 0 aromatic carbocycles. The number of hydrogen-bond acceptors (Lipinski definition) is 7. The Morgan fingerprint density at radius 2 is 1.93 bits per heavy atom. The molecule has 0 aliphatic heterocycles. The first-order valence-electron chi connectivity index (χ1n) is 4.12. The zero-order chi connectivity index (χ0) is 10.5. The van der Waals surface area contributed by atoms with Crippen LogP contribution < -0.4 is 11.3 Å². The van der Waals surface area contributed by atoms with Crippen molar-refractivity contribution in [2.45, 2.75) is 10.2 Å². The molecule has 0 spiro atoms. The second-order valence-electron chi connectivity index (χ2n) is 2.52. The van der Waals surface area contributed by atoms with Gasteiger partial charge in [-0.1, -0.05) is 0 Å². The van der Waals surface area contributed by atoms with E-state index in [-0.39, 0.29) is 0 Å². The van der Waals surface area contributed by atoms with Crippen LogP contribution in [0.2, 0.25) is 0 Å². The Labute approximate surface area is 90.4 Å². The van der Waals surface area contributed by atoms with E-state index >= 15 is 0 Å². The topological polar surface area (TPSA) is 89.6 Å². The monoisotopic (exact) mass is 220 g/mol. The SMILES string of the molecule is NNc1cc(Sc2ncccn2)ncn1. The quantitative estimate of drug-likeness (QED) is 0.340. The highest BCUT2D eigenvalue weighted by Gasteiger charge is 2.01. The molecule has 0 radical (unpaired) electrons. The summed E-state index contributed by atoms with van der Waals surface area (Å²) in [5.41, 5.74) is 2.45. The van der Waals surface area contributed by atoms with E-state index in [1.165, 1.54) is 18.1 Å². The molecule has 76 valence electrons. The van der Waals surface area contributed by atoms with Gasteiger partial charge in [-0.05, 0) is 17.8 Å². The number of anilines is 1. The lowest BCUT2D eigenvalue weighted by Crippen LogP contribution is -2.08. The lowest BCUT2D eigenvalue weighted by Gasteiger charge is -2.00. The second kappa shape index (κ2) is 4.67. The summed E-state index contributed by atoms with van der Waals surface area (Å²) < 4.78 is 0. The Bertz CT molecular complexity index is 434. The number of nitrogens with one attached hydrogen (secondary N) is 1. The van der Waals surface area contributed by atoms with Crippen LogP contribution >= 0.6 is 11.8 Å². The third-order valence-electron chi connectivity index (χ3n) is 1.53. The number of aromatic nitrogens is 4. The van der Waals surface area contributed by atoms with Crippen LogP contribution in [0, 0.1) is 0 Å². The third kappa shape index (κ3) is 2.61.